The fourth-order valence-electron chi connectivity index (χ4n) is 4.99. The van der Waals surface area contributed by atoms with Crippen molar-refractivity contribution in [3.8, 4) is 5.75 Å². The number of hydrogen-bond acceptors (Lipinski definition) is 4. The van der Waals surface area contributed by atoms with Crippen LogP contribution in [0.2, 0.25) is 0 Å². The van der Waals surface area contributed by atoms with Crippen molar-refractivity contribution in [1.29, 1.82) is 0 Å². The molecule has 176 valence electrons. The molecule has 4 rings (SSSR count). The molecular weight excluding hydrogens is 440 g/mol. The summed E-state index contributed by atoms with van der Waals surface area (Å²) in [5.41, 5.74) is 2.64. The molecule has 0 unspecified atom stereocenters. The van der Waals surface area contributed by atoms with Crippen molar-refractivity contribution in [2.24, 2.45) is 5.92 Å². The molecule has 7 nitrogen and oxygen atoms in total. The summed E-state index contributed by atoms with van der Waals surface area (Å²) in [5.74, 6) is -0.114. The van der Waals surface area contributed by atoms with E-state index in [-0.39, 0.29) is 23.3 Å². The van der Waals surface area contributed by atoms with Gasteiger partial charge in [-0.05, 0) is 55.7 Å². The lowest BCUT2D eigenvalue weighted by atomic mass is 10.0. The number of benzene rings is 2. The van der Waals surface area contributed by atoms with E-state index in [1.54, 1.807) is 28.6 Å². The Balaban J connectivity index is 1.71. The Hall–Kier alpha value is -2.84. The first-order valence-electron chi connectivity index (χ1n) is 11.3. The molecule has 8 heteroatoms. The molecule has 1 saturated heterocycles. The first-order valence-corrected chi connectivity index (χ1v) is 12.7. The number of sulfonamides is 1. The number of ether oxygens (including phenoxy) is 1. The highest BCUT2D eigenvalue weighted by atomic mass is 32.2. The summed E-state index contributed by atoms with van der Waals surface area (Å²) in [6.45, 7) is 7.19. The summed E-state index contributed by atoms with van der Waals surface area (Å²) in [6.07, 6.45) is 0.761. The van der Waals surface area contributed by atoms with Gasteiger partial charge in [0, 0.05) is 29.7 Å². The topological polar surface area (TPSA) is 88.8 Å². The third kappa shape index (κ3) is 4.25. The van der Waals surface area contributed by atoms with E-state index in [0.717, 1.165) is 28.6 Å². The van der Waals surface area contributed by atoms with Crippen LogP contribution in [0, 0.1) is 12.8 Å². The summed E-state index contributed by atoms with van der Waals surface area (Å²) < 4.78 is 36.0. The standard InChI is InChI=1S/C25H30N2O5S/c1-4-18-15-26(33(30,31)20-12-10-19(11-13-20)32-5-2)16-24(18)27-17(3)22(14-25(28)29)21-8-6-7-9-23(21)27/h6-13,18,24H,4-5,14-16H2,1-3H3,(H,28,29)/t18-,24+/m1/s1. The van der Waals surface area contributed by atoms with Crippen molar-refractivity contribution in [2.45, 2.75) is 44.6 Å². The van der Waals surface area contributed by atoms with Crippen molar-refractivity contribution in [3.63, 3.8) is 0 Å². The number of fused-ring (bicyclic) bond motifs is 1. The van der Waals surface area contributed by atoms with Crippen LogP contribution >= 0.6 is 0 Å². The highest BCUT2D eigenvalue weighted by molar-refractivity contribution is 7.89. The van der Waals surface area contributed by atoms with Gasteiger partial charge in [0.2, 0.25) is 10.0 Å². The Labute approximate surface area is 194 Å². The lowest BCUT2D eigenvalue weighted by molar-refractivity contribution is -0.136. The average Bonchev–Trinajstić information content (AvgIpc) is 3.34. The lowest BCUT2D eigenvalue weighted by Gasteiger charge is -2.22. The summed E-state index contributed by atoms with van der Waals surface area (Å²) in [5, 5.41) is 10.4. The normalized spacial score (nSPS) is 19.2. The highest BCUT2D eigenvalue weighted by Crippen LogP contribution is 2.39. The molecule has 1 aliphatic heterocycles. The number of carboxylic acid groups (broad SMARTS) is 1. The predicted octanol–water partition coefficient (Wildman–Crippen LogP) is 4.25. The second kappa shape index (κ2) is 9.19. The Kier molecular flexibility index (Phi) is 6.50. The quantitative estimate of drug-likeness (QED) is 0.532. The Morgan fingerprint density at radius 3 is 2.42 bits per heavy atom. The van der Waals surface area contributed by atoms with E-state index < -0.39 is 16.0 Å². The summed E-state index contributed by atoms with van der Waals surface area (Å²) in [7, 11) is -3.66. The molecule has 0 amide bonds. The molecule has 1 N–H and O–H groups in total. The minimum atomic E-state index is -3.66. The van der Waals surface area contributed by atoms with Gasteiger partial charge in [-0.2, -0.15) is 4.31 Å². The molecule has 0 saturated carbocycles. The molecule has 1 fully saturated rings. The smallest absolute Gasteiger partial charge is 0.307 e. The van der Waals surface area contributed by atoms with Crippen LogP contribution in [0.25, 0.3) is 10.9 Å². The van der Waals surface area contributed by atoms with Crippen molar-refractivity contribution in [2.75, 3.05) is 19.7 Å². The summed E-state index contributed by atoms with van der Waals surface area (Å²) in [6, 6.07) is 14.3. The predicted molar refractivity (Wildman–Crippen MR) is 127 cm³/mol. The molecule has 2 aromatic carbocycles. The maximum atomic E-state index is 13.4. The first-order chi connectivity index (χ1) is 15.8. The molecule has 0 aliphatic carbocycles. The monoisotopic (exact) mass is 470 g/mol. The van der Waals surface area contributed by atoms with E-state index >= 15 is 0 Å². The van der Waals surface area contributed by atoms with Crippen LogP contribution in [0.3, 0.4) is 0 Å². The van der Waals surface area contributed by atoms with Gasteiger partial charge in [0.25, 0.3) is 0 Å². The van der Waals surface area contributed by atoms with Gasteiger partial charge >= 0.3 is 5.97 Å². The van der Waals surface area contributed by atoms with Crippen LogP contribution in [0.1, 0.15) is 37.6 Å². The molecule has 0 spiro atoms. The minimum Gasteiger partial charge on any atom is -0.494 e. The van der Waals surface area contributed by atoms with E-state index in [9.17, 15) is 18.3 Å². The second-order valence-corrected chi connectivity index (χ2v) is 10.4. The van der Waals surface area contributed by atoms with E-state index in [0.29, 0.717) is 25.4 Å². The maximum absolute atomic E-state index is 13.4. The fourth-order valence-corrected chi connectivity index (χ4v) is 6.51. The third-order valence-corrected chi connectivity index (χ3v) is 8.46. The van der Waals surface area contributed by atoms with Crippen LogP contribution in [0.15, 0.2) is 53.4 Å². The number of carboxylic acids is 1. The van der Waals surface area contributed by atoms with Gasteiger partial charge in [0.15, 0.2) is 0 Å². The number of aliphatic carboxylic acids is 1. The van der Waals surface area contributed by atoms with E-state index in [1.807, 2.05) is 38.1 Å². The Morgan fingerprint density at radius 2 is 1.79 bits per heavy atom. The van der Waals surface area contributed by atoms with Gasteiger partial charge in [0.1, 0.15) is 5.75 Å². The number of nitrogens with zero attached hydrogens (tertiary/aromatic N) is 2. The number of aromatic nitrogens is 1. The minimum absolute atomic E-state index is 0.0585. The molecule has 3 aromatic rings. The van der Waals surface area contributed by atoms with Gasteiger partial charge in [-0.1, -0.05) is 31.5 Å². The average molecular weight is 471 g/mol. The van der Waals surface area contributed by atoms with Crippen molar-refractivity contribution in [1.82, 2.24) is 8.87 Å². The van der Waals surface area contributed by atoms with Crippen LogP contribution in [-0.2, 0) is 21.2 Å². The van der Waals surface area contributed by atoms with Crippen LogP contribution in [0.4, 0.5) is 0 Å². The zero-order valence-corrected chi connectivity index (χ0v) is 20.0. The van der Waals surface area contributed by atoms with E-state index in [4.69, 9.17) is 4.74 Å². The maximum Gasteiger partial charge on any atom is 0.307 e. The molecule has 1 aromatic heterocycles. The number of para-hydroxylation sites is 1. The molecule has 0 radical (unpaired) electrons. The molecular formula is C25H30N2O5S. The van der Waals surface area contributed by atoms with Crippen molar-refractivity contribution >= 4 is 26.9 Å². The zero-order chi connectivity index (χ0) is 23.8. The fraction of sp³-hybridized carbons (Fsp3) is 0.400. The Bertz CT molecular complexity index is 1260. The number of rotatable bonds is 8. The summed E-state index contributed by atoms with van der Waals surface area (Å²) in [4.78, 5) is 11.8. The largest absolute Gasteiger partial charge is 0.494 e. The third-order valence-electron chi connectivity index (χ3n) is 6.62. The molecule has 1 aliphatic rings. The van der Waals surface area contributed by atoms with Gasteiger partial charge in [-0.25, -0.2) is 8.42 Å². The van der Waals surface area contributed by atoms with Gasteiger partial charge in [-0.3, -0.25) is 4.79 Å². The highest BCUT2D eigenvalue weighted by Gasteiger charge is 2.40. The SMILES string of the molecule is CCOc1ccc(S(=O)(=O)N2C[C@@H](CC)[C@@H](n3c(C)c(CC(=O)O)c4ccccc43)C2)cc1. The van der Waals surface area contributed by atoms with Gasteiger partial charge in [-0.15, -0.1) is 0 Å². The molecule has 0 bridgehead atoms. The van der Waals surface area contributed by atoms with Gasteiger partial charge < -0.3 is 14.4 Å². The number of hydrogen-bond donors (Lipinski definition) is 1. The Morgan fingerprint density at radius 1 is 1.09 bits per heavy atom. The second-order valence-electron chi connectivity index (χ2n) is 8.48. The van der Waals surface area contributed by atoms with Gasteiger partial charge in [0.05, 0.1) is 24.0 Å². The first kappa shape index (κ1) is 23.3. The van der Waals surface area contributed by atoms with Crippen LogP contribution in [-0.4, -0.2) is 48.1 Å². The van der Waals surface area contributed by atoms with Crippen LogP contribution < -0.4 is 4.74 Å². The van der Waals surface area contributed by atoms with Crippen LogP contribution in [0.5, 0.6) is 5.75 Å². The van der Waals surface area contributed by atoms with Crippen molar-refractivity contribution in [3.05, 3.63) is 59.8 Å². The van der Waals surface area contributed by atoms with E-state index in [1.165, 1.54) is 0 Å². The molecule has 2 heterocycles. The summed E-state index contributed by atoms with van der Waals surface area (Å²) >= 11 is 0. The zero-order valence-electron chi connectivity index (χ0n) is 19.2. The molecule has 33 heavy (non-hydrogen) atoms. The lowest BCUT2D eigenvalue weighted by Crippen LogP contribution is -2.29. The van der Waals surface area contributed by atoms with E-state index in [2.05, 4.69) is 11.5 Å². The number of carbonyl (C=O) groups is 1. The molecule has 2 atom stereocenters. The van der Waals surface area contributed by atoms with Crippen molar-refractivity contribution < 1.29 is 23.1 Å².